The molecule has 0 unspecified atom stereocenters. The maximum Gasteiger partial charge on any atom is 0.347 e. The van der Waals surface area contributed by atoms with Crippen molar-refractivity contribution in [3.05, 3.63) is 53.2 Å². The van der Waals surface area contributed by atoms with Crippen LogP contribution in [0.4, 0.5) is 0 Å². The van der Waals surface area contributed by atoms with Gasteiger partial charge in [-0.2, -0.15) is 0 Å². The number of imidazole rings is 1. The van der Waals surface area contributed by atoms with E-state index in [1.807, 2.05) is 58.7 Å². The average molecular weight is 421 g/mol. The van der Waals surface area contributed by atoms with Crippen LogP contribution in [0.2, 0.25) is 0 Å². The van der Waals surface area contributed by atoms with E-state index in [1.165, 1.54) is 0 Å². The summed E-state index contributed by atoms with van der Waals surface area (Å²) in [5.74, 6) is 0.622. The molecule has 3 heterocycles. The van der Waals surface area contributed by atoms with Gasteiger partial charge in [0.05, 0.1) is 23.8 Å². The highest BCUT2D eigenvalue weighted by atomic mass is 16.5. The van der Waals surface area contributed by atoms with Gasteiger partial charge in [0.15, 0.2) is 0 Å². The van der Waals surface area contributed by atoms with Crippen LogP contribution in [0.3, 0.4) is 0 Å². The van der Waals surface area contributed by atoms with Gasteiger partial charge in [-0.15, -0.1) is 0 Å². The highest BCUT2D eigenvalue weighted by molar-refractivity contribution is 6.04. The summed E-state index contributed by atoms with van der Waals surface area (Å²) in [4.78, 5) is 23.9. The van der Waals surface area contributed by atoms with E-state index in [1.54, 1.807) is 27.5 Å². The molecule has 0 saturated heterocycles. The third-order valence-electron chi connectivity index (χ3n) is 5.33. The van der Waals surface area contributed by atoms with E-state index in [0.717, 1.165) is 46.0 Å². The topological polar surface area (TPSA) is 68.4 Å². The second-order valence-corrected chi connectivity index (χ2v) is 8.11. The zero-order valence-electron chi connectivity index (χ0n) is 18.7. The van der Waals surface area contributed by atoms with Gasteiger partial charge in [-0.05, 0) is 44.3 Å². The van der Waals surface area contributed by atoms with Crippen LogP contribution in [0.5, 0.6) is 5.88 Å². The van der Waals surface area contributed by atoms with Crippen molar-refractivity contribution in [2.45, 2.75) is 6.42 Å². The second kappa shape index (κ2) is 8.39. The smallest absolute Gasteiger partial charge is 0.347 e. The van der Waals surface area contributed by atoms with Crippen LogP contribution in [0, 0.1) is 0 Å². The molecule has 0 radical (unpaired) electrons. The molecule has 0 fully saturated rings. The summed E-state index contributed by atoms with van der Waals surface area (Å²) in [5.41, 5.74) is 4.37. The first-order chi connectivity index (χ1) is 14.9. The van der Waals surface area contributed by atoms with Crippen LogP contribution >= 0.6 is 0 Å². The number of pyridine rings is 2. The molecule has 0 aliphatic carbocycles. The number of nitrogens with zero attached hydrogens (tertiary/aromatic N) is 6. The summed E-state index contributed by atoms with van der Waals surface area (Å²) < 4.78 is 9.04. The van der Waals surface area contributed by atoms with E-state index in [-0.39, 0.29) is 5.69 Å². The van der Waals surface area contributed by atoms with Crippen molar-refractivity contribution in [1.82, 2.24) is 24.1 Å². The van der Waals surface area contributed by atoms with Crippen molar-refractivity contribution in [1.29, 1.82) is 0 Å². The van der Waals surface area contributed by atoms with Gasteiger partial charge in [0, 0.05) is 50.9 Å². The Bertz CT molecular complexity index is 1270. The molecule has 1 aromatic carbocycles. The van der Waals surface area contributed by atoms with Crippen molar-refractivity contribution >= 4 is 21.9 Å². The van der Waals surface area contributed by atoms with Crippen LogP contribution in [-0.2, 0) is 7.05 Å². The standard InChI is InChI=1S/C23H28N6O2/c1-26(2)11-6-12-31-21-10-8-17(14-25-21)16-7-9-19-18(13-16)22-20(15-24-19)28(5)23(30)29(22)27(3)4/h7-10,13-15H,6,11-12H2,1-5H3. The van der Waals surface area contributed by atoms with Crippen molar-refractivity contribution in [3.8, 4) is 17.0 Å². The summed E-state index contributed by atoms with van der Waals surface area (Å²) in [6.45, 7) is 1.62. The molecule has 0 amide bonds. The number of hydrogen-bond donors (Lipinski definition) is 0. The van der Waals surface area contributed by atoms with Gasteiger partial charge in [0.2, 0.25) is 5.88 Å². The predicted molar refractivity (Wildman–Crippen MR) is 124 cm³/mol. The molecule has 0 spiro atoms. The lowest BCUT2D eigenvalue weighted by atomic mass is 10.0. The van der Waals surface area contributed by atoms with Crippen LogP contribution in [-0.4, -0.2) is 65.5 Å². The van der Waals surface area contributed by atoms with Crippen LogP contribution < -0.4 is 15.4 Å². The quantitative estimate of drug-likeness (QED) is 0.428. The zero-order chi connectivity index (χ0) is 22.1. The number of hydrogen-bond acceptors (Lipinski definition) is 6. The minimum Gasteiger partial charge on any atom is -0.478 e. The highest BCUT2D eigenvalue weighted by Gasteiger charge is 2.16. The van der Waals surface area contributed by atoms with E-state index >= 15 is 0 Å². The Morgan fingerprint density at radius 1 is 1.00 bits per heavy atom. The lowest BCUT2D eigenvalue weighted by Crippen LogP contribution is -2.36. The minimum absolute atomic E-state index is 0.0999. The third kappa shape index (κ3) is 3.98. The normalized spacial score (nSPS) is 11.5. The molecule has 31 heavy (non-hydrogen) atoms. The van der Waals surface area contributed by atoms with E-state index in [2.05, 4.69) is 20.9 Å². The van der Waals surface area contributed by atoms with Crippen LogP contribution in [0.15, 0.2) is 47.5 Å². The fourth-order valence-electron chi connectivity index (χ4n) is 3.72. The molecular weight excluding hydrogens is 392 g/mol. The first-order valence-corrected chi connectivity index (χ1v) is 10.3. The van der Waals surface area contributed by atoms with Crippen molar-refractivity contribution in [2.24, 2.45) is 7.05 Å². The van der Waals surface area contributed by atoms with Gasteiger partial charge in [0.1, 0.15) is 5.52 Å². The van der Waals surface area contributed by atoms with E-state index in [9.17, 15) is 4.79 Å². The Morgan fingerprint density at radius 2 is 1.77 bits per heavy atom. The lowest BCUT2D eigenvalue weighted by molar-refractivity contribution is 0.273. The molecule has 3 aromatic heterocycles. The Kier molecular flexibility index (Phi) is 5.65. The molecule has 0 aliphatic heterocycles. The maximum atomic E-state index is 12.7. The number of rotatable bonds is 7. The van der Waals surface area contributed by atoms with Gasteiger partial charge in [-0.25, -0.2) is 14.5 Å². The molecule has 8 nitrogen and oxygen atoms in total. The first-order valence-electron chi connectivity index (χ1n) is 10.3. The summed E-state index contributed by atoms with van der Waals surface area (Å²) >= 11 is 0. The van der Waals surface area contributed by atoms with E-state index in [0.29, 0.717) is 12.5 Å². The van der Waals surface area contributed by atoms with Gasteiger partial charge >= 0.3 is 5.69 Å². The number of benzene rings is 1. The molecule has 0 saturated carbocycles. The summed E-state index contributed by atoms with van der Waals surface area (Å²) in [5, 5.41) is 2.71. The summed E-state index contributed by atoms with van der Waals surface area (Å²) in [7, 11) is 9.58. The number of aromatic nitrogens is 4. The lowest BCUT2D eigenvalue weighted by Gasteiger charge is -2.14. The fourth-order valence-corrected chi connectivity index (χ4v) is 3.72. The molecule has 0 aliphatic rings. The number of fused-ring (bicyclic) bond motifs is 3. The molecule has 8 heteroatoms. The molecule has 0 N–H and O–H groups in total. The average Bonchev–Trinajstić information content (AvgIpc) is 3.02. The van der Waals surface area contributed by atoms with Gasteiger partial charge in [0.25, 0.3) is 0 Å². The number of ether oxygens (including phenoxy) is 1. The molecule has 162 valence electrons. The van der Waals surface area contributed by atoms with E-state index < -0.39 is 0 Å². The van der Waals surface area contributed by atoms with Crippen molar-refractivity contribution < 1.29 is 4.74 Å². The van der Waals surface area contributed by atoms with Crippen LogP contribution in [0.1, 0.15) is 6.42 Å². The highest BCUT2D eigenvalue weighted by Crippen LogP contribution is 2.28. The minimum atomic E-state index is -0.0999. The van der Waals surface area contributed by atoms with Crippen LogP contribution in [0.25, 0.3) is 33.1 Å². The fraction of sp³-hybridized carbons (Fsp3) is 0.348. The monoisotopic (exact) mass is 420 g/mol. The second-order valence-electron chi connectivity index (χ2n) is 8.11. The molecule has 0 atom stereocenters. The summed E-state index contributed by atoms with van der Waals surface area (Å²) in [6.07, 6.45) is 4.53. The van der Waals surface area contributed by atoms with Gasteiger partial charge in [-0.3, -0.25) is 9.55 Å². The molecule has 4 aromatic rings. The Balaban J connectivity index is 1.70. The zero-order valence-corrected chi connectivity index (χ0v) is 18.7. The Labute approximate surface area is 181 Å². The molecule has 0 bridgehead atoms. The molecule has 4 rings (SSSR count). The van der Waals surface area contributed by atoms with E-state index in [4.69, 9.17) is 4.74 Å². The van der Waals surface area contributed by atoms with Gasteiger partial charge < -0.3 is 14.6 Å². The SMILES string of the molecule is CN(C)CCCOc1ccc(-c2ccc3ncc4c(c3c2)n(N(C)C)c(=O)n4C)cn1. The third-order valence-corrected chi connectivity index (χ3v) is 5.33. The maximum absolute atomic E-state index is 12.7. The van der Waals surface area contributed by atoms with Crippen molar-refractivity contribution in [2.75, 3.05) is 46.4 Å². The molecular formula is C23H28N6O2. The number of aryl methyl sites for hydroxylation is 1. The largest absolute Gasteiger partial charge is 0.478 e. The Morgan fingerprint density at radius 3 is 2.45 bits per heavy atom. The predicted octanol–water partition coefficient (Wildman–Crippen LogP) is 2.48. The van der Waals surface area contributed by atoms with Gasteiger partial charge in [-0.1, -0.05) is 6.07 Å². The Hall–Kier alpha value is -3.39. The van der Waals surface area contributed by atoms with Crippen molar-refractivity contribution in [3.63, 3.8) is 0 Å². The summed E-state index contributed by atoms with van der Waals surface area (Å²) in [6, 6.07) is 9.97. The first kappa shape index (κ1) is 20.9.